The van der Waals surface area contributed by atoms with E-state index >= 15 is 0 Å². The summed E-state index contributed by atoms with van der Waals surface area (Å²) in [6, 6.07) is 20.5. The van der Waals surface area contributed by atoms with Gasteiger partial charge in [0, 0.05) is 11.3 Å². The molecule has 0 saturated carbocycles. The average molecular weight is 431 g/mol. The van der Waals surface area contributed by atoms with Crippen LogP contribution in [0.15, 0.2) is 78.5 Å². The molecule has 4 nitrogen and oxygen atoms in total. The molecule has 0 aromatic heterocycles. The van der Waals surface area contributed by atoms with Crippen LogP contribution in [0, 0.1) is 12.7 Å². The van der Waals surface area contributed by atoms with Crippen LogP contribution in [0.2, 0.25) is 0 Å². The van der Waals surface area contributed by atoms with Crippen molar-refractivity contribution in [3.05, 3.63) is 107 Å². The van der Waals surface area contributed by atoms with Gasteiger partial charge in [0.25, 0.3) is 11.8 Å². The summed E-state index contributed by atoms with van der Waals surface area (Å²) < 4.78 is 13.2. The fraction of sp³-hybridized carbons (Fsp3) is 0.185. The lowest BCUT2D eigenvalue weighted by Crippen LogP contribution is -2.30. The van der Waals surface area contributed by atoms with E-state index < -0.39 is 11.7 Å². The maximum absolute atomic E-state index is 13.2. The number of carbonyl (C=O) groups is 2. The normalized spacial score (nSPS) is 11.2. The molecule has 5 heteroatoms. The number of hydrogen-bond acceptors (Lipinski definition) is 2. The van der Waals surface area contributed by atoms with Crippen LogP contribution in [0.25, 0.3) is 6.08 Å². The van der Waals surface area contributed by atoms with Crippen LogP contribution in [0.1, 0.15) is 46.8 Å². The molecule has 3 rings (SSSR count). The van der Waals surface area contributed by atoms with Gasteiger partial charge in [0.05, 0.1) is 0 Å². The Morgan fingerprint density at radius 1 is 0.906 bits per heavy atom. The predicted molar refractivity (Wildman–Crippen MR) is 127 cm³/mol. The summed E-state index contributed by atoms with van der Waals surface area (Å²) in [5.41, 5.74) is 4.03. The summed E-state index contributed by atoms with van der Waals surface area (Å²) in [6.45, 7) is 4.11. The third-order valence-electron chi connectivity index (χ3n) is 5.02. The number of amides is 2. The third-order valence-corrected chi connectivity index (χ3v) is 5.02. The van der Waals surface area contributed by atoms with Crippen LogP contribution >= 0.6 is 0 Å². The standard InChI is InChI=1S/C27H27FN2O2/c1-3-4-5-20-10-12-22(13-11-20)26(31)30-25(18-21-8-6-19(2)7-9-21)27(32)29-24-16-14-23(28)15-17-24/h6-18H,3-5H2,1-2H3,(H,29,32)(H,30,31)/b25-18-. The van der Waals surface area contributed by atoms with E-state index in [-0.39, 0.29) is 11.6 Å². The van der Waals surface area contributed by atoms with E-state index in [1.807, 2.05) is 43.3 Å². The Bertz CT molecular complexity index is 1090. The minimum atomic E-state index is -0.495. The van der Waals surface area contributed by atoms with Crippen LogP contribution in [0.5, 0.6) is 0 Å². The zero-order valence-electron chi connectivity index (χ0n) is 18.3. The number of carbonyl (C=O) groups excluding carboxylic acids is 2. The molecule has 0 spiro atoms. The average Bonchev–Trinajstić information content (AvgIpc) is 2.80. The number of nitrogens with one attached hydrogen (secondary N) is 2. The molecule has 164 valence electrons. The predicted octanol–water partition coefficient (Wildman–Crippen LogP) is 5.89. The van der Waals surface area contributed by atoms with Gasteiger partial charge in [-0.25, -0.2) is 4.39 Å². The zero-order valence-corrected chi connectivity index (χ0v) is 18.3. The lowest BCUT2D eigenvalue weighted by Gasteiger charge is -2.12. The highest BCUT2D eigenvalue weighted by atomic mass is 19.1. The topological polar surface area (TPSA) is 58.2 Å². The van der Waals surface area contributed by atoms with E-state index in [1.54, 1.807) is 18.2 Å². The van der Waals surface area contributed by atoms with E-state index in [2.05, 4.69) is 17.6 Å². The molecule has 2 amide bonds. The van der Waals surface area contributed by atoms with E-state index in [0.29, 0.717) is 11.3 Å². The van der Waals surface area contributed by atoms with Crippen LogP contribution < -0.4 is 10.6 Å². The van der Waals surface area contributed by atoms with Gasteiger partial charge in [0.1, 0.15) is 11.5 Å². The van der Waals surface area contributed by atoms with Crippen molar-refractivity contribution in [3.63, 3.8) is 0 Å². The minimum Gasteiger partial charge on any atom is -0.321 e. The smallest absolute Gasteiger partial charge is 0.272 e. The number of anilines is 1. The molecule has 32 heavy (non-hydrogen) atoms. The maximum Gasteiger partial charge on any atom is 0.272 e. The molecule has 0 fully saturated rings. The largest absolute Gasteiger partial charge is 0.321 e. The van der Waals surface area contributed by atoms with Crippen molar-refractivity contribution in [2.75, 3.05) is 5.32 Å². The summed E-state index contributed by atoms with van der Waals surface area (Å²) >= 11 is 0. The molecule has 3 aromatic rings. The minimum absolute atomic E-state index is 0.0956. The molecule has 2 N–H and O–H groups in total. The Morgan fingerprint density at radius 2 is 1.56 bits per heavy atom. The third kappa shape index (κ3) is 6.64. The van der Waals surface area contributed by atoms with Gasteiger partial charge in [-0.05, 0) is 73.4 Å². The van der Waals surface area contributed by atoms with Gasteiger partial charge >= 0.3 is 0 Å². The van der Waals surface area contributed by atoms with Crippen molar-refractivity contribution in [2.45, 2.75) is 33.1 Å². The highest BCUT2D eigenvalue weighted by Crippen LogP contribution is 2.14. The molecule has 0 atom stereocenters. The van der Waals surface area contributed by atoms with Gasteiger partial charge in [0.2, 0.25) is 0 Å². The number of hydrogen-bond donors (Lipinski definition) is 2. The Labute approximate surface area is 188 Å². The van der Waals surface area contributed by atoms with Gasteiger partial charge in [0.15, 0.2) is 0 Å². The first-order chi connectivity index (χ1) is 15.4. The first kappa shape index (κ1) is 22.9. The van der Waals surface area contributed by atoms with Crippen molar-refractivity contribution in [1.82, 2.24) is 5.32 Å². The molecule has 0 bridgehead atoms. The molecule has 0 aliphatic rings. The van der Waals surface area contributed by atoms with E-state index in [4.69, 9.17) is 0 Å². The Hall–Kier alpha value is -3.73. The van der Waals surface area contributed by atoms with E-state index in [0.717, 1.165) is 30.4 Å². The fourth-order valence-electron chi connectivity index (χ4n) is 3.12. The quantitative estimate of drug-likeness (QED) is 0.438. The second kappa shape index (κ2) is 11.0. The molecule has 0 heterocycles. The highest BCUT2D eigenvalue weighted by molar-refractivity contribution is 6.10. The van der Waals surface area contributed by atoms with Crippen molar-refractivity contribution < 1.29 is 14.0 Å². The number of halogens is 1. The van der Waals surface area contributed by atoms with Gasteiger partial charge in [-0.1, -0.05) is 55.3 Å². The van der Waals surface area contributed by atoms with Crippen molar-refractivity contribution in [1.29, 1.82) is 0 Å². The van der Waals surface area contributed by atoms with E-state index in [1.165, 1.54) is 29.8 Å². The summed E-state index contributed by atoms with van der Waals surface area (Å²) in [6.07, 6.45) is 4.79. The molecule has 0 saturated heterocycles. The molecule has 0 unspecified atom stereocenters. The number of unbranched alkanes of at least 4 members (excludes halogenated alkanes) is 1. The number of aryl methyl sites for hydroxylation is 2. The Balaban J connectivity index is 1.81. The molecular weight excluding hydrogens is 403 g/mol. The van der Waals surface area contributed by atoms with Crippen molar-refractivity contribution >= 4 is 23.6 Å². The summed E-state index contributed by atoms with van der Waals surface area (Å²) in [5.74, 6) is -1.26. The summed E-state index contributed by atoms with van der Waals surface area (Å²) in [7, 11) is 0. The lowest BCUT2D eigenvalue weighted by molar-refractivity contribution is -0.113. The molecule has 0 aliphatic carbocycles. The summed E-state index contributed by atoms with van der Waals surface area (Å²) in [5, 5.41) is 5.43. The summed E-state index contributed by atoms with van der Waals surface area (Å²) in [4.78, 5) is 25.8. The fourth-order valence-corrected chi connectivity index (χ4v) is 3.12. The van der Waals surface area contributed by atoms with Gasteiger partial charge in [-0.3, -0.25) is 9.59 Å². The van der Waals surface area contributed by atoms with Crippen LogP contribution in [0.4, 0.5) is 10.1 Å². The monoisotopic (exact) mass is 430 g/mol. The Kier molecular flexibility index (Phi) is 7.92. The number of benzene rings is 3. The first-order valence-corrected chi connectivity index (χ1v) is 10.7. The molecule has 3 aromatic carbocycles. The van der Waals surface area contributed by atoms with Gasteiger partial charge < -0.3 is 10.6 Å². The first-order valence-electron chi connectivity index (χ1n) is 10.7. The van der Waals surface area contributed by atoms with Crippen LogP contribution in [-0.2, 0) is 11.2 Å². The SMILES string of the molecule is CCCCc1ccc(C(=O)N/C(=C\c2ccc(C)cc2)C(=O)Nc2ccc(F)cc2)cc1. The highest BCUT2D eigenvalue weighted by Gasteiger charge is 2.15. The van der Waals surface area contributed by atoms with E-state index in [9.17, 15) is 14.0 Å². The molecular formula is C27H27FN2O2. The van der Waals surface area contributed by atoms with Crippen LogP contribution in [-0.4, -0.2) is 11.8 Å². The molecule has 0 radical (unpaired) electrons. The molecule has 0 aliphatic heterocycles. The zero-order chi connectivity index (χ0) is 22.9. The second-order valence-electron chi connectivity index (χ2n) is 7.68. The van der Waals surface area contributed by atoms with Crippen LogP contribution in [0.3, 0.4) is 0 Å². The van der Waals surface area contributed by atoms with Crippen molar-refractivity contribution in [3.8, 4) is 0 Å². The second-order valence-corrected chi connectivity index (χ2v) is 7.68. The number of rotatable bonds is 8. The Morgan fingerprint density at radius 3 is 2.19 bits per heavy atom. The van der Waals surface area contributed by atoms with Gasteiger partial charge in [-0.15, -0.1) is 0 Å². The lowest BCUT2D eigenvalue weighted by atomic mass is 10.1. The maximum atomic E-state index is 13.2. The van der Waals surface area contributed by atoms with Crippen molar-refractivity contribution in [2.24, 2.45) is 0 Å². The van der Waals surface area contributed by atoms with Gasteiger partial charge in [-0.2, -0.15) is 0 Å².